The van der Waals surface area contributed by atoms with Gasteiger partial charge in [-0.3, -0.25) is 0 Å². The number of hydrogen-bond donors (Lipinski definition) is 2. The molecule has 1 saturated heterocycles. The van der Waals surface area contributed by atoms with Gasteiger partial charge in [-0.15, -0.1) is 0 Å². The van der Waals surface area contributed by atoms with Crippen LogP contribution < -0.4 is 5.32 Å². The number of hydrogen-bond acceptors (Lipinski definition) is 5. The van der Waals surface area contributed by atoms with Crippen molar-refractivity contribution in [1.82, 2.24) is 10.2 Å². The topological polar surface area (TPSA) is 64.9 Å². The van der Waals surface area contributed by atoms with Gasteiger partial charge in [0.1, 0.15) is 5.84 Å². The Bertz CT molecular complexity index is 1050. The van der Waals surface area contributed by atoms with Crippen molar-refractivity contribution in [2.24, 2.45) is 4.99 Å². The Labute approximate surface area is 180 Å². The first kappa shape index (κ1) is 20.2. The Balaban J connectivity index is 0.000000204. The van der Waals surface area contributed by atoms with Gasteiger partial charge in [0, 0.05) is 41.5 Å². The summed E-state index contributed by atoms with van der Waals surface area (Å²) in [6.07, 6.45) is 0. The van der Waals surface area contributed by atoms with Crippen LogP contribution >= 0.6 is 11.8 Å². The minimum absolute atomic E-state index is 0.331. The Morgan fingerprint density at radius 1 is 0.867 bits per heavy atom. The van der Waals surface area contributed by atoms with E-state index >= 15 is 0 Å². The van der Waals surface area contributed by atoms with Crippen molar-refractivity contribution < 1.29 is 9.90 Å². The number of carbonyl (C=O) groups is 1. The van der Waals surface area contributed by atoms with E-state index < -0.39 is 5.97 Å². The Morgan fingerprint density at radius 2 is 1.50 bits per heavy atom. The lowest BCUT2D eigenvalue weighted by atomic mass is 10.1. The summed E-state index contributed by atoms with van der Waals surface area (Å²) in [5.74, 6) is 0.236. The van der Waals surface area contributed by atoms with Crippen LogP contribution in [-0.2, 0) is 0 Å². The summed E-state index contributed by atoms with van der Waals surface area (Å²) in [5.41, 5.74) is 2.66. The number of aromatic carboxylic acids is 1. The van der Waals surface area contributed by atoms with Crippen LogP contribution in [0.1, 0.15) is 15.9 Å². The lowest BCUT2D eigenvalue weighted by molar-refractivity contribution is 0.0697. The molecule has 6 heteroatoms. The predicted molar refractivity (Wildman–Crippen MR) is 121 cm³/mol. The number of piperazine rings is 1. The molecule has 2 heterocycles. The van der Waals surface area contributed by atoms with Crippen LogP contribution in [0.2, 0.25) is 0 Å². The standard InChI is InChI=1S/C17H17N3S.C7H6O2/c1-3-7-15-13(5-1)17(20-11-9-18-10-12-20)19-14-6-2-4-8-16(14)21-15;8-7(9)6-4-2-1-3-5-6/h1-8,18H,9-12H2;1-5H,(H,8,9). The fourth-order valence-electron chi connectivity index (χ4n) is 3.37. The van der Waals surface area contributed by atoms with E-state index in [-0.39, 0.29) is 0 Å². The van der Waals surface area contributed by atoms with E-state index in [1.165, 1.54) is 15.4 Å². The second-order valence-electron chi connectivity index (χ2n) is 6.91. The zero-order chi connectivity index (χ0) is 20.8. The molecule has 0 radical (unpaired) electrons. The number of aliphatic imine (C=N–C) groups is 1. The molecule has 3 aromatic carbocycles. The molecule has 0 amide bonds. The van der Waals surface area contributed by atoms with E-state index in [1.807, 2.05) is 11.8 Å². The first-order valence-electron chi connectivity index (χ1n) is 9.91. The quantitative estimate of drug-likeness (QED) is 0.610. The minimum Gasteiger partial charge on any atom is -0.478 e. The van der Waals surface area contributed by atoms with Crippen molar-refractivity contribution in [3.05, 3.63) is 90.0 Å². The van der Waals surface area contributed by atoms with Gasteiger partial charge in [0.2, 0.25) is 0 Å². The first-order valence-corrected chi connectivity index (χ1v) is 10.7. The summed E-state index contributed by atoms with van der Waals surface area (Å²) in [5, 5.41) is 11.8. The number of amidine groups is 1. The third kappa shape index (κ3) is 4.72. The smallest absolute Gasteiger partial charge is 0.335 e. The Hall–Kier alpha value is -3.09. The summed E-state index contributed by atoms with van der Waals surface area (Å²) >= 11 is 1.81. The number of benzene rings is 3. The number of carboxylic acid groups (broad SMARTS) is 1. The molecule has 2 N–H and O–H groups in total. The van der Waals surface area contributed by atoms with E-state index in [2.05, 4.69) is 58.7 Å². The molecule has 30 heavy (non-hydrogen) atoms. The maximum Gasteiger partial charge on any atom is 0.335 e. The molecule has 2 aliphatic heterocycles. The molecule has 0 aliphatic carbocycles. The highest BCUT2D eigenvalue weighted by molar-refractivity contribution is 7.99. The molecule has 0 atom stereocenters. The highest BCUT2D eigenvalue weighted by atomic mass is 32.2. The summed E-state index contributed by atoms with van der Waals surface area (Å²) in [6.45, 7) is 4.08. The molecule has 0 spiro atoms. The summed E-state index contributed by atoms with van der Waals surface area (Å²) in [7, 11) is 0. The third-order valence-corrected chi connectivity index (χ3v) is 6.02. The number of rotatable bonds is 1. The SMILES string of the molecule is O=C(O)c1ccccc1.c1ccc2c(c1)N=C(N1CCNCC1)c1ccccc1S2. The second-order valence-corrected chi connectivity index (χ2v) is 7.99. The van der Waals surface area contributed by atoms with Gasteiger partial charge in [-0.2, -0.15) is 0 Å². The van der Waals surface area contributed by atoms with Gasteiger partial charge in [-0.1, -0.05) is 60.3 Å². The van der Waals surface area contributed by atoms with Crippen molar-refractivity contribution in [3.63, 3.8) is 0 Å². The summed E-state index contributed by atoms with van der Waals surface area (Å²) in [4.78, 5) is 20.1. The summed E-state index contributed by atoms with van der Waals surface area (Å²) in [6, 6.07) is 25.3. The minimum atomic E-state index is -0.879. The molecule has 2 aliphatic rings. The highest BCUT2D eigenvalue weighted by Gasteiger charge is 2.22. The van der Waals surface area contributed by atoms with Crippen LogP contribution in [0.25, 0.3) is 0 Å². The summed E-state index contributed by atoms with van der Waals surface area (Å²) < 4.78 is 0. The zero-order valence-corrected chi connectivity index (χ0v) is 17.3. The number of nitrogens with zero attached hydrogens (tertiary/aromatic N) is 2. The van der Waals surface area contributed by atoms with Crippen molar-refractivity contribution in [2.45, 2.75) is 9.79 Å². The second kappa shape index (κ2) is 9.61. The molecule has 0 saturated carbocycles. The number of carboxylic acids is 1. The first-order chi connectivity index (χ1) is 14.7. The van der Waals surface area contributed by atoms with Gasteiger partial charge in [-0.25, -0.2) is 9.79 Å². The largest absolute Gasteiger partial charge is 0.478 e. The molecule has 5 rings (SSSR count). The van der Waals surface area contributed by atoms with Gasteiger partial charge >= 0.3 is 5.97 Å². The number of para-hydroxylation sites is 1. The molecular weight excluding hydrogens is 394 g/mol. The lowest BCUT2D eigenvalue weighted by Gasteiger charge is -2.30. The molecule has 5 nitrogen and oxygen atoms in total. The maximum atomic E-state index is 10.2. The van der Waals surface area contributed by atoms with Gasteiger partial charge in [0.05, 0.1) is 11.3 Å². The Morgan fingerprint density at radius 3 is 2.20 bits per heavy atom. The average Bonchev–Trinajstić information content (AvgIpc) is 2.97. The highest BCUT2D eigenvalue weighted by Crippen LogP contribution is 2.40. The van der Waals surface area contributed by atoms with E-state index in [9.17, 15) is 4.79 Å². The molecule has 0 unspecified atom stereocenters. The molecule has 152 valence electrons. The van der Waals surface area contributed by atoms with E-state index in [0.717, 1.165) is 37.7 Å². The molecular formula is C24H23N3O2S. The molecule has 3 aromatic rings. The van der Waals surface area contributed by atoms with Crippen molar-refractivity contribution in [3.8, 4) is 0 Å². The fourth-order valence-corrected chi connectivity index (χ4v) is 4.39. The van der Waals surface area contributed by atoms with Crippen LogP contribution in [0.4, 0.5) is 5.69 Å². The van der Waals surface area contributed by atoms with Gasteiger partial charge in [-0.05, 0) is 30.3 Å². The van der Waals surface area contributed by atoms with Crippen molar-refractivity contribution in [2.75, 3.05) is 26.2 Å². The van der Waals surface area contributed by atoms with Crippen LogP contribution in [0.5, 0.6) is 0 Å². The fraction of sp³-hybridized carbons (Fsp3) is 0.167. The monoisotopic (exact) mass is 417 g/mol. The van der Waals surface area contributed by atoms with Crippen LogP contribution in [0, 0.1) is 0 Å². The van der Waals surface area contributed by atoms with E-state index in [4.69, 9.17) is 10.1 Å². The number of nitrogens with one attached hydrogen (secondary N) is 1. The molecule has 0 aromatic heterocycles. The number of fused-ring (bicyclic) bond motifs is 2. The molecule has 1 fully saturated rings. The average molecular weight is 418 g/mol. The van der Waals surface area contributed by atoms with Crippen molar-refractivity contribution in [1.29, 1.82) is 0 Å². The normalized spacial score (nSPS) is 14.9. The third-order valence-electron chi connectivity index (χ3n) is 4.88. The van der Waals surface area contributed by atoms with Crippen LogP contribution in [0.3, 0.4) is 0 Å². The van der Waals surface area contributed by atoms with Crippen molar-refractivity contribution >= 4 is 29.3 Å². The predicted octanol–water partition coefficient (Wildman–Crippen LogP) is 4.52. The Kier molecular flexibility index (Phi) is 6.47. The molecule has 0 bridgehead atoms. The lowest BCUT2D eigenvalue weighted by Crippen LogP contribution is -2.46. The maximum absolute atomic E-state index is 10.2. The van der Waals surface area contributed by atoms with Gasteiger partial charge < -0.3 is 15.3 Å². The van der Waals surface area contributed by atoms with Crippen LogP contribution in [-0.4, -0.2) is 48.0 Å². The van der Waals surface area contributed by atoms with E-state index in [1.54, 1.807) is 30.3 Å². The van der Waals surface area contributed by atoms with Gasteiger partial charge in [0.15, 0.2) is 0 Å². The zero-order valence-electron chi connectivity index (χ0n) is 16.5. The van der Waals surface area contributed by atoms with E-state index in [0.29, 0.717) is 5.56 Å². The van der Waals surface area contributed by atoms with Gasteiger partial charge in [0.25, 0.3) is 0 Å². The van der Waals surface area contributed by atoms with Crippen LogP contribution in [0.15, 0.2) is 93.6 Å².